The van der Waals surface area contributed by atoms with E-state index in [4.69, 9.17) is 0 Å². The van der Waals surface area contributed by atoms with Crippen LogP contribution in [-0.2, 0) is 5.33 Å². The van der Waals surface area contributed by atoms with Crippen LogP contribution in [0, 0.1) is 13.8 Å². The Labute approximate surface area is 116 Å². The van der Waals surface area contributed by atoms with Crippen LogP contribution in [0.1, 0.15) is 36.8 Å². The van der Waals surface area contributed by atoms with Crippen molar-refractivity contribution in [2.45, 2.75) is 39.1 Å². The Kier molecular flexibility index (Phi) is 3.85. The average Bonchev–Trinajstić information content (AvgIpc) is 2.72. The Morgan fingerprint density at radius 1 is 1.22 bits per heavy atom. The molecule has 0 atom stereocenters. The number of benzene rings is 1. The fraction of sp³-hybridized carbons (Fsp3) is 0.429. The van der Waals surface area contributed by atoms with Crippen LogP contribution >= 0.6 is 15.9 Å². The molecular weight excluding hydrogens is 290 g/mol. The average molecular weight is 308 g/mol. The van der Waals surface area contributed by atoms with Gasteiger partial charge in [0.2, 0.25) is 0 Å². The fourth-order valence-electron chi connectivity index (χ4n) is 2.21. The zero-order chi connectivity index (χ0) is 13.3. The predicted octanol–water partition coefficient (Wildman–Crippen LogP) is 4.04. The fourth-order valence-corrected chi connectivity index (χ4v) is 2.59. The second-order valence-corrected chi connectivity index (χ2v) is 5.42. The minimum atomic E-state index is 0.350. The molecule has 1 heterocycles. The summed E-state index contributed by atoms with van der Waals surface area (Å²) >= 11 is 3.47. The summed E-state index contributed by atoms with van der Waals surface area (Å²) in [5, 5.41) is 9.34. The van der Waals surface area contributed by atoms with Crippen molar-refractivity contribution < 1.29 is 0 Å². The van der Waals surface area contributed by atoms with Crippen LogP contribution in [-0.4, -0.2) is 14.8 Å². The number of halogens is 1. The maximum absolute atomic E-state index is 4.35. The highest BCUT2D eigenvalue weighted by atomic mass is 79.9. The first-order valence-corrected chi connectivity index (χ1v) is 7.24. The highest BCUT2D eigenvalue weighted by molar-refractivity contribution is 9.08. The first-order valence-electron chi connectivity index (χ1n) is 6.12. The second-order valence-electron chi connectivity index (χ2n) is 4.86. The third-order valence-electron chi connectivity index (χ3n) is 3.03. The quantitative estimate of drug-likeness (QED) is 0.801. The van der Waals surface area contributed by atoms with Crippen LogP contribution < -0.4 is 0 Å². The summed E-state index contributed by atoms with van der Waals surface area (Å²) < 4.78 is 2.19. The van der Waals surface area contributed by atoms with Crippen LogP contribution in [0.25, 0.3) is 11.4 Å². The van der Waals surface area contributed by atoms with Gasteiger partial charge in [-0.2, -0.15) is 0 Å². The summed E-state index contributed by atoms with van der Waals surface area (Å²) in [6.07, 6.45) is 0. The molecule has 1 aromatic heterocycles. The standard InChI is InChI=1S/C14H18BrN3/c1-9(2)18-13(8-15)16-17-14(18)12-6-5-10(3)7-11(12)4/h5-7,9H,8H2,1-4H3. The van der Waals surface area contributed by atoms with Gasteiger partial charge < -0.3 is 4.57 Å². The number of aromatic nitrogens is 3. The van der Waals surface area contributed by atoms with Crippen LogP contribution in [0.5, 0.6) is 0 Å². The topological polar surface area (TPSA) is 30.7 Å². The molecule has 0 aliphatic heterocycles. The molecule has 0 saturated carbocycles. The molecule has 0 amide bonds. The molecule has 2 rings (SSSR count). The summed E-state index contributed by atoms with van der Waals surface area (Å²) in [6, 6.07) is 6.78. The van der Waals surface area contributed by atoms with E-state index in [1.807, 2.05) is 0 Å². The Bertz CT molecular complexity index is 558. The molecule has 0 N–H and O–H groups in total. The molecule has 18 heavy (non-hydrogen) atoms. The molecule has 0 aliphatic rings. The lowest BCUT2D eigenvalue weighted by molar-refractivity contribution is 0.586. The summed E-state index contributed by atoms with van der Waals surface area (Å²) in [5.41, 5.74) is 3.67. The first kappa shape index (κ1) is 13.3. The molecule has 0 radical (unpaired) electrons. The highest BCUT2D eigenvalue weighted by Gasteiger charge is 2.16. The van der Waals surface area contributed by atoms with E-state index in [-0.39, 0.29) is 0 Å². The van der Waals surface area contributed by atoms with Crippen molar-refractivity contribution in [2.24, 2.45) is 0 Å². The van der Waals surface area contributed by atoms with Crippen molar-refractivity contribution in [1.29, 1.82) is 0 Å². The van der Waals surface area contributed by atoms with E-state index in [1.165, 1.54) is 11.1 Å². The Morgan fingerprint density at radius 3 is 2.50 bits per heavy atom. The van der Waals surface area contributed by atoms with Crippen LogP contribution in [0.3, 0.4) is 0 Å². The maximum atomic E-state index is 4.35. The van der Waals surface area contributed by atoms with Crippen LogP contribution in [0.4, 0.5) is 0 Å². The Balaban J connectivity index is 2.60. The lowest BCUT2D eigenvalue weighted by Gasteiger charge is -2.14. The van der Waals surface area contributed by atoms with Gasteiger partial charge in [0, 0.05) is 11.6 Å². The van der Waals surface area contributed by atoms with E-state index in [0.717, 1.165) is 22.5 Å². The molecular formula is C14H18BrN3. The molecule has 0 spiro atoms. The van der Waals surface area contributed by atoms with Gasteiger partial charge >= 0.3 is 0 Å². The van der Waals surface area contributed by atoms with Gasteiger partial charge in [-0.05, 0) is 33.3 Å². The van der Waals surface area contributed by atoms with Crippen molar-refractivity contribution in [3.05, 3.63) is 35.2 Å². The van der Waals surface area contributed by atoms with E-state index >= 15 is 0 Å². The van der Waals surface area contributed by atoms with E-state index in [9.17, 15) is 0 Å². The van der Waals surface area contributed by atoms with Crippen LogP contribution in [0.15, 0.2) is 18.2 Å². The van der Waals surface area contributed by atoms with Gasteiger partial charge in [0.05, 0.1) is 5.33 Å². The lowest BCUT2D eigenvalue weighted by Crippen LogP contribution is -2.07. The third-order valence-corrected chi connectivity index (χ3v) is 3.53. The molecule has 96 valence electrons. The first-order chi connectivity index (χ1) is 8.54. The van der Waals surface area contributed by atoms with Crippen LogP contribution in [0.2, 0.25) is 0 Å². The van der Waals surface area contributed by atoms with Crippen molar-refractivity contribution in [2.75, 3.05) is 0 Å². The van der Waals surface area contributed by atoms with Gasteiger partial charge in [0.25, 0.3) is 0 Å². The second kappa shape index (κ2) is 5.22. The summed E-state index contributed by atoms with van der Waals surface area (Å²) in [5.74, 6) is 1.93. The minimum absolute atomic E-state index is 0.350. The van der Waals surface area contributed by atoms with Gasteiger partial charge in [-0.25, -0.2) is 0 Å². The summed E-state index contributed by atoms with van der Waals surface area (Å²) in [6.45, 7) is 8.54. The SMILES string of the molecule is Cc1ccc(-c2nnc(CBr)n2C(C)C)c(C)c1. The Morgan fingerprint density at radius 2 is 1.94 bits per heavy atom. The molecule has 0 fully saturated rings. The molecule has 2 aromatic rings. The van der Waals surface area contributed by atoms with Crippen molar-refractivity contribution in [3.8, 4) is 11.4 Å². The predicted molar refractivity (Wildman–Crippen MR) is 77.9 cm³/mol. The van der Waals surface area contributed by atoms with Gasteiger partial charge in [-0.1, -0.05) is 39.7 Å². The largest absolute Gasteiger partial charge is 0.308 e. The molecule has 0 saturated heterocycles. The molecule has 0 aliphatic carbocycles. The van der Waals surface area contributed by atoms with Gasteiger partial charge in [-0.15, -0.1) is 10.2 Å². The Hall–Kier alpha value is -1.16. The zero-order valence-electron chi connectivity index (χ0n) is 11.2. The van der Waals surface area contributed by atoms with E-state index in [1.54, 1.807) is 0 Å². The smallest absolute Gasteiger partial charge is 0.164 e. The third kappa shape index (κ3) is 2.34. The summed E-state index contributed by atoms with van der Waals surface area (Å²) in [7, 11) is 0. The van der Waals surface area contributed by atoms with Gasteiger partial charge in [0.15, 0.2) is 5.82 Å². The molecule has 1 aromatic carbocycles. The monoisotopic (exact) mass is 307 g/mol. The lowest BCUT2D eigenvalue weighted by atomic mass is 10.0. The van der Waals surface area contributed by atoms with Crippen molar-refractivity contribution in [1.82, 2.24) is 14.8 Å². The number of aryl methyl sites for hydroxylation is 2. The number of hydrogen-bond acceptors (Lipinski definition) is 2. The summed E-state index contributed by atoms with van der Waals surface area (Å²) in [4.78, 5) is 0. The maximum Gasteiger partial charge on any atom is 0.164 e. The molecule has 3 nitrogen and oxygen atoms in total. The van der Waals surface area contributed by atoms with E-state index in [2.05, 4.69) is 76.6 Å². The number of rotatable bonds is 3. The van der Waals surface area contributed by atoms with E-state index < -0.39 is 0 Å². The number of nitrogens with zero attached hydrogens (tertiary/aromatic N) is 3. The molecule has 4 heteroatoms. The van der Waals surface area contributed by atoms with Gasteiger partial charge in [0.1, 0.15) is 5.82 Å². The number of alkyl halides is 1. The zero-order valence-corrected chi connectivity index (χ0v) is 12.8. The molecule has 0 unspecified atom stereocenters. The minimum Gasteiger partial charge on any atom is -0.308 e. The molecule has 0 bridgehead atoms. The highest BCUT2D eigenvalue weighted by Crippen LogP contribution is 2.26. The van der Waals surface area contributed by atoms with Crippen molar-refractivity contribution >= 4 is 15.9 Å². The van der Waals surface area contributed by atoms with E-state index in [0.29, 0.717) is 6.04 Å². The number of hydrogen-bond donors (Lipinski definition) is 0. The van der Waals surface area contributed by atoms with Crippen molar-refractivity contribution in [3.63, 3.8) is 0 Å². The normalized spacial score (nSPS) is 11.2. The van der Waals surface area contributed by atoms with Gasteiger partial charge in [-0.3, -0.25) is 0 Å².